The fourth-order valence-corrected chi connectivity index (χ4v) is 4.31. The van der Waals surface area contributed by atoms with E-state index in [1.807, 2.05) is 30.3 Å². The molecule has 0 unspecified atom stereocenters. The number of imidazole rings is 1. The van der Waals surface area contributed by atoms with Gasteiger partial charge in [0.25, 0.3) is 0 Å². The minimum atomic E-state index is 0.0600. The minimum absolute atomic E-state index is 0.0600. The summed E-state index contributed by atoms with van der Waals surface area (Å²) in [7, 11) is 0. The summed E-state index contributed by atoms with van der Waals surface area (Å²) >= 11 is 0. The van der Waals surface area contributed by atoms with Crippen LogP contribution in [0.1, 0.15) is 12.8 Å². The first-order valence-electron chi connectivity index (χ1n) is 11.3. The molecule has 170 valence electrons. The Hall–Kier alpha value is -4.79. The lowest BCUT2D eigenvalue weighted by Gasteiger charge is -2.07. The summed E-state index contributed by atoms with van der Waals surface area (Å²) in [5, 5.41) is 11.5. The fourth-order valence-electron chi connectivity index (χ4n) is 4.31. The first kappa shape index (κ1) is 19.7. The van der Waals surface area contributed by atoms with Gasteiger partial charge in [-0.3, -0.25) is 14.9 Å². The molecule has 5 aromatic heterocycles. The topological polar surface area (TPSA) is 125 Å². The molecule has 7 rings (SSSR count). The van der Waals surface area contributed by atoms with E-state index in [4.69, 9.17) is 9.40 Å². The van der Waals surface area contributed by atoms with E-state index in [9.17, 15) is 4.79 Å². The molecule has 9 nitrogen and oxygen atoms in total. The molecule has 1 fully saturated rings. The Morgan fingerprint density at radius 2 is 2.00 bits per heavy atom. The number of hydrogen-bond donors (Lipinski definition) is 3. The molecule has 1 aliphatic rings. The average Bonchev–Trinajstić information content (AvgIpc) is 3.26. The molecule has 3 N–H and O–H groups in total. The summed E-state index contributed by atoms with van der Waals surface area (Å²) in [6, 6.07) is 11.8. The van der Waals surface area contributed by atoms with E-state index in [0.717, 1.165) is 51.5 Å². The van der Waals surface area contributed by atoms with E-state index in [0.29, 0.717) is 22.9 Å². The number of fused-ring (bicyclic) bond motifs is 2. The molecular weight excluding hydrogens is 442 g/mol. The maximum Gasteiger partial charge on any atom is 0.227 e. The predicted octanol–water partition coefficient (Wildman–Crippen LogP) is 5.17. The third-order valence-electron chi connectivity index (χ3n) is 6.30. The Kier molecular flexibility index (Phi) is 4.28. The number of hydrogen-bond acceptors (Lipinski definition) is 6. The van der Waals surface area contributed by atoms with Crippen LogP contribution in [0.5, 0.6) is 0 Å². The highest BCUT2D eigenvalue weighted by molar-refractivity contribution is 5.98. The van der Waals surface area contributed by atoms with E-state index in [1.165, 1.54) is 0 Å². The fraction of sp³-hybridized carbons (Fsp3) is 0.115. The van der Waals surface area contributed by atoms with Crippen LogP contribution in [0.2, 0.25) is 0 Å². The monoisotopic (exact) mass is 461 g/mol. The van der Waals surface area contributed by atoms with E-state index >= 15 is 0 Å². The van der Waals surface area contributed by atoms with Crippen molar-refractivity contribution in [2.45, 2.75) is 12.8 Å². The molecule has 1 saturated carbocycles. The van der Waals surface area contributed by atoms with Crippen LogP contribution < -0.4 is 5.32 Å². The maximum absolute atomic E-state index is 12.2. The molecule has 0 spiro atoms. The Balaban J connectivity index is 1.29. The van der Waals surface area contributed by atoms with Gasteiger partial charge in [0.1, 0.15) is 5.69 Å². The Labute approximate surface area is 198 Å². The Morgan fingerprint density at radius 3 is 2.86 bits per heavy atom. The lowest BCUT2D eigenvalue weighted by Crippen LogP contribution is -2.13. The van der Waals surface area contributed by atoms with Gasteiger partial charge in [-0.25, -0.2) is 9.97 Å². The number of amides is 1. The summed E-state index contributed by atoms with van der Waals surface area (Å²) in [4.78, 5) is 29.0. The number of aromatic amines is 2. The quantitative estimate of drug-likeness (QED) is 0.325. The van der Waals surface area contributed by atoms with Crippen molar-refractivity contribution in [2.75, 3.05) is 5.32 Å². The average molecular weight is 461 g/mol. The van der Waals surface area contributed by atoms with Crippen molar-refractivity contribution >= 4 is 33.7 Å². The van der Waals surface area contributed by atoms with Crippen LogP contribution in [-0.2, 0) is 4.79 Å². The number of furan rings is 1. The molecule has 6 aromatic rings. The highest BCUT2D eigenvalue weighted by Gasteiger charge is 2.29. The van der Waals surface area contributed by atoms with E-state index in [2.05, 4.69) is 36.5 Å². The molecule has 0 radical (unpaired) electrons. The van der Waals surface area contributed by atoms with Crippen LogP contribution in [0.4, 0.5) is 5.69 Å². The molecule has 0 atom stereocenters. The number of rotatable bonds is 5. The van der Waals surface area contributed by atoms with Crippen LogP contribution in [-0.4, -0.2) is 36.0 Å². The van der Waals surface area contributed by atoms with Gasteiger partial charge in [-0.05, 0) is 48.7 Å². The van der Waals surface area contributed by atoms with Crippen molar-refractivity contribution < 1.29 is 9.21 Å². The van der Waals surface area contributed by atoms with Crippen molar-refractivity contribution in [2.24, 2.45) is 5.92 Å². The zero-order valence-corrected chi connectivity index (χ0v) is 18.4. The van der Waals surface area contributed by atoms with E-state index in [1.54, 1.807) is 31.1 Å². The minimum Gasteiger partial charge on any atom is -0.472 e. The van der Waals surface area contributed by atoms with Gasteiger partial charge in [-0.2, -0.15) is 5.10 Å². The zero-order valence-electron chi connectivity index (χ0n) is 18.4. The van der Waals surface area contributed by atoms with Crippen LogP contribution >= 0.6 is 0 Å². The largest absolute Gasteiger partial charge is 0.472 e. The van der Waals surface area contributed by atoms with Crippen LogP contribution in [0, 0.1) is 5.92 Å². The van der Waals surface area contributed by atoms with Gasteiger partial charge in [0, 0.05) is 40.4 Å². The van der Waals surface area contributed by atoms with Crippen molar-refractivity contribution in [3.05, 3.63) is 67.5 Å². The zero-order chi connectivity index (χ0) is 23.4. The highest BCUT2D eigenvalue weighted by Crippen LogP contribution is 2.34. The second-order valence-corrected chi connectivity index (χ2v) is 8.71. The highest BCUT2D eigenvalue weighted by atomic mass is 16.3. The molecular formula is C26H19N7O2. The molecule has 1 aromatic carbocycles. The third kappa shape index (κ3) is 3.45. The molecule has 0 saturated heterocycles. The van der Waals surface area contributed by atoms with E-state index < -0.39 is 0 Å². The van der Waals surface area contributed by atoms with Gasteiger partial charge in [0.05, 0.1) is 35.4 Å². The number of aromatic nitrogens is 6. The van der Waals surface area contributed by atoms with Crippen molar-refractivity contribution in [3.63, 3.8) is 0 Å². The summed E-state index contributed by atoms with van der Waals surface area (Å²) in [5.74, 6) is 0.816. The Bertz CT molecular complexity index is 1710. The number of nitrogens with one attached hydrogen (secondary N) is 3. The Morgan fingerprint density at radius 1 is 1.06 bits per heavy atom. The smallest absolute Gasteiger partial charge is 0.227 e. The SMILES string of the molecule is O=C(Nc1cncc(-c2ccc3[nH]nc(-c4nc5nccc(-c6ccoc6)c5[nH]4)c3c2)c1)C1CC1. The lowest BCUT2D eigenvalue weighted by molar-refractivity contribution is -0.117. The number of pyridine rings is 2. The molecule has 35 heavy (non-hydrogen) atoms. The van der Waals surface area contributed by atoms with Gasteiger partial charge in [0.15, 0.2) is 11.5 Å². The van der Waals surface area contributed by atoms with Crippen molar-refractivity contribution in [1.29, 1.82) is 0 Å². The molecule has 1 amide bonds. The second-order valence-electron chi connectivity index (χ2n) is 8.71. The van der Waals surface area contributed by atoms with Crippen molar-refractivity contribution in [3.8, 4) is 33.8 Å². The molecule has 5 heterocycles. The van der Waals surface area contributed by atoms with Crippen LogP contribution in [0.3, 0.4) is 0 Å². The summed E-state index contributed by atoms with van der Waals surface area (Å²) < 4.78 is 5.25. The van der Waals surface area contributed by atoms with Gasteiger partial charge < -0.3 is 14.7 Å². The first-order chi connectivity index (χ1) is 17.2. The number of benzene rings is 1. The van der Waals surface area contributed by atoms with Crippen molar-refractivity contribution in [1.82, 2.24) is 30.1 Å². The van der Waals surface area contributed by atoms with Gasteiger partial charge >= 0.3 is 0 Å². The number of nitrogens with zero attached hydrogens (tertiary/aromatic N) is 4. The number of carbonyl (C=O) groups excluding carboxylic acids is 1. The van der Waals surface area contributed by atoms with Gasteiger partial charge in [-0.15, -0.1) is 0 Å². The predicted molar refractivity (Wildman–Crippen MR) is 131 cm³/mol. The second kappa shape index (κ2) is 7.63. The van der Waals surface area contributed by atoms with Crippen LogP contribution in [0.25, 0.3) is 55.8 Å². The van der Waals surface area contributed by atoms with Gasteiger partial charge in [-0.1, -0.05) is 6.07 Å². The first-order valence-corrected chi connectivity index (χ1v) is 11.3. The molecule has 0 bridgehead atoms. The van der Waals surface area contributed by atoms with E-state index in [-0.39, 0.29) is 11.8 Å². The summed E-state index contributed by atoms with van der Waals surface area (Å²) in [6.07, 6.45) is 10.4. The lowest BCUT2D eigenvalue weighted by atomic mass is 10.0. The molecule has 1 aliphatic carbocycles. The van der Waals surface area contributed by atoms with Gasteiger partial charge in [0.2, 0.25) is 5.91 Å². The summed E-state index contributed by atoms with van der Waals surface area (Å²) in [5.41, 5.74) is 7.48. The maximum atomic E-state index is 12.2. The van der Waals surface area contributed by atoms with Crippen LogP contribution in [0.15, 0.2) is 71.9 Å². The summed E-state index contributed by atoms with van der Waals surface area (Å²) in [6.45, 7) is 0. The molecule has 0 aliphatic heterocycles. The third-order valence-corrected chi connectivity index (χ3v) is 6.30. The standard InChI is InChI=1S/C26H19N7O2/c34-26(14-1-2-14)29-18-9-17(11-27-12-18)15-3-4-21-20(10-15)23(33-32-21)25-30-22-19(16-6-8-35-13-16)5-7-28-24(22)31-25/h3-14H,1-2H2,(H,29,34)(H,32,33)(H,28,30,31). The number of anilines is 1. The normalized spacial score (nSPS) is 13.5. The molecule has 9 heteroatoms. The number of H-pyrrole nitrogens is 2. The number of carbonyl (C=O) groups is 1.